The van der Waals surface area contributed by atoms with Gasteiger partial charge in [0.1, 0.15) is 5.75 Å². The number of aryl methyl sites for hydroxylation is 1. The number of alkyl halides is 3. The largest absolute Gasteiger partial charge is 0.463 e. The van der Waals surface area contributed by atoms with Crippen LogP contribution in [0.4, 0.5) is 0 Å². The SMILES string of the molecule is CC(=O)N[C@@]12Oc3ccc(Br)cc3[C@@H](C#Cc3ccccc3)[C@@H]1CCc1ccccc12.ClC(Cl)Cl. The second-order valence-corrected chi connectivity index (χ2v) is 11.3. The Balaban J connectivity index is 0.000000672. The fourth-order valence-corrected chi connectivity index (χ4v) is 5.28. The van der Waals surface area contributed by atoms with Gasteiger partial charge in [0.25, 0.3) is 0 Å². The maximum absolute atomic E-state index is 12.4. The molecule has 7 heteroatoms. The Kier molecular flexibility index (Phi) is 8.34. The summed E-state index contributed by atoms with van der Waals surface area (Å²) in [4.78, 5) is 12.4. The van der Waals surface area contributed by atoms with E-state index in [2.05, 4.69) is 51.3 Å². The molecular formula is C28H23BrCl3NO2. The highest BCUT2D eigenvalue weighted by molar-refractivity contribution is 9.10. The molecule has 1 amide bonds. The Morgan fingerprint density at radius 3 is 2.49 bits per heavy atom. The monoisotopic (exact) mass is 589 g/mol. The summed E-state index contributed by atoms with van der Waals surface area (Å²) < 4.78 is 6.92. The molecule has 3 atom stereocenters. The van der Waals surface area contributed by atoms with Crippen LogP contribution in [-0.2, 0) is 16.9 Å². The lowest BCUT2D eigenvalue weighted by molar-refractivity contribution is -0.132. The Bertz CT molecular complexity index is 1270. The topological polar surface area (TPSA) is 38.3 Å². The highest BCUT2D eigenvalue weighted by Gasteiger charge is 2.54. The van der Waals surface area contributed by atoms with Crippen molar-refractivity contribution in [2.24, 2.45) is 5.92 Å². The average Bonchev–Trinajstić information content (AvgIpc) is 2.82. The van der Waals surface area contributed by atoms with Gasteiger partial charge >= 0.3 is 0 Å². The molecule has 1 N–H and O–H groups in total. The maximum Gasteiger partial charge on any atom is 0.220 e. The highest BCUT2D eigenvalue weighted by Crippen LogP contribution is 2.53. The zero-order chi connectivity index (χ0) is 25.0. The predicted molar refractivity (Wildman–Crippen MR) is 146 cm³/mol. The van der Waals surface area contributed by atoms with Gasteiger partial charge in [-0.3, -0.25) is 4.79 Å². The van der Waals surface area contributed by atoms with Crippen LogP contribution in [0.1, 0.15) is 41.5 Å². The third-order valence-corrected chi connectivity index (χ3v) is 6.65. The molecule has 0 aromatic heterocycles. The Morgan fingerprint density at radius 1 is 1.09 bits per heavy atom. The molecule has 35 heavy (non-hydrogen) atoms. The van der Waals surface area contributed by atoms with Gasteiger partial charge in [0.15, 0.2) is 4.30 Å². The van der Waals surface area contributed by atoms with Crippen molar-refractivity contribution < 1.29 is 9.53 Å². The van der Waals surface area contributed by atoms with Gasteiger partial charge in [-0.05, 0) is 48.7 Å². The standard InChI is InChI=1S/C27H22BrNO2.CHCl3/c1-18(30)29-27-24-10-6-5-9-20(24)12-15-25(27)22(14-11-19-7-3-2-4-8-19)23-17-21(28)13-16-26(23)31-27;2-1(3)4/h2-10,13,16-17,22,25H,12,15H2,1H3,(H,29,30);1H/t22-,25+,27+;/m1./s1. The number of halogens is 4. The second kappa shape index (κ2) is 11.3. The van der Waals surface area contributed by atoms with Crippen molar-refractivity contribution in [3.63, 3.8) is 0 Å². The lowest BCUT2D eigenvalue weighted by Gasteiger charge is -2.50. The number of carbonyl (C=O) groups excluding carboxylic acids is 1. The van der Waals surface area contributed by atoms with Crippen LogP contribution < -0.4 is 10.1 Å². The molecule has 0 radical (unpaired) electrons. The fraction of sp³-hybridized carbons (Fsp3) is 0.250. The van der Waals surface area contributed by atoms with Gasteiger partial charge in [0.05, 0.1) is 5.92 Å². The summed E-state index contributed by atoms with van der Waals surface area (Å²) in [6.45, 7) is 1.55. The first kappa shape index (κ1) is 25.9. The number of fused-ring (bicyclic) bond motifs is 4. The van der Waals surface area contributed by atoms with E-state index in [1.54, 1.807) is 6.92 Å². The minimum absolute atomic E-state index is 0.00990. The van der Waals surface area contributed by atoms with E-state index >= 15 is 0 Å². The molecule has 0 bridgehead atoms. The molecule has 0 unspecified atom stereocenters. The number of hydrogen-bond acceptors (Lipinski definition) is 2. The van der Waals surface area contributed by atoms with E-state index in [1.807, 2.05) is 54.6 Å². The van der Waals surface area contributed by atoms with Crippen molar-refractivity contribution in [2.45, 2.75) is 35.7 Å². The molecule has 1 aliphatic carbocycles. The van der Waals surface area contributed by atoms with E-state index in [9.17, 15) is 4.79 Å². The lowest BCUT2D eigenvalue weighted by atomic mass is 9.67. The smallest absolute Gasteiger partial charge is 0.220 e. The number of benzene rings is 3. The minimum Gasteiger partial charge on any atom is -0.463 e. The number of rotatable bonds is 1. The summed E-state index contributed by atoms with van der Waals surface area (Å²) in [7, 11) is 0. The number of nitrogens with one attached hydrogen (secondary N) is 1. The first-order chi connectivity index (χ1) is 16.8. The van der Waals surface area contributed by atoms with E-state index in [0.29, 0.717) is 0 Å². The van der Waals surface area contributed by atoms with Crippen LogP contribution in [0.5, 0.6) is 5.75 Å². The molecule has 180 valence electrons. The molecule has 0 saturated heterocycles. The third-order valence-electron chi connectivity index (χ3n) is 6.15. The zero-order valence-electron chi connectivity index (χ0n) is 18.9. The van der Waals surface area contributed by atoms with Gasteiger partial charge in [0.2, 0.25) is 11.6 Å². The van der Waals surface area contributed by atoms with E-state index in [0.717, 1.165) is 39.8 Å². The first-order valence-electron chi connectivity index (χ1n) is 11.1. The van der Waals surface area contributed by atoms with Crippen molar-refractivity contribution in [3.8, 4) is 17.6 Å². The lowest BCUT2D eigenvalue weighted by Crippen LogP contribution is -2.60. The summed E-state index contributed by atoms with van der Waals surface area (Å²) >= 11 is 18.0. The molecule has 5 rings (SSSR count). The van der Waals surface area contributed by atoms with Crippen LogP contribution in [0.3, 0.4) is 0 Å². The van der Waals surface area contributed by atoms with Crippen LogP contribution in [0.15, 0.2) is 77.3 Å². The summed E-state index contributed by atoms with van der Waals surface area (Å²) in [5.74, 6) is 7.47. The van der Waals surface area contributed by atoms with E-state index in [-0.39, 0.29) is 17.7 Å². The summed E-state index contributed by atoms with van der Waals surface area (Å²) in [6, 6.07) is 24.3. The average molecular weight is 592 g/mol. The van der Waals surface area contributed by atoms with Crippen molar-refractivity contribution in [1.82, 2.24) is 5.32 Å². The van der Waals surface area contributed by atoms with Crippen molar-refractivity contribution in [2.75, 3.05) is 0 Å². The molecule has 3 aromatic carbocycles. The Hall–Kier alpha value is -2.16. The van der Waals surface area contributed by atoms with Crippen molar-refractivity contribution in [1.29, 1.82) is 0 Å². The van der Waals surface area contributed by atoms with Crippen LogP contribution in [-0.4, -0.2) is 10.2 Å². The molecule has 1 heterocycles. The minimum atomic E-state index is -0.933. The first-order valence-corrected chi connectivity index (χ1v) is 13.2. The molecule has 3 nitrogen and oxygen atoms in total. The van der Waals surface area contributed by atoms with Crippen LogP contribution >= 0.6 is 50.7 Å². The molecule has 0 fully saturated rings. The van der Waals surface area contributed by atoms with E-state index < -0.39 is 10.0 Å². The van der Waals surface area contributed by atoms with Crippen LogP contribution in [0, 0.1) is 17.8 Å². The molecule has 0 spiro atoms. The highest BCUT2D eigenvalue weighted by atomic mass is 79.9. The van der Waals surface area contributed by atoms with Crippen molar-refractivity contribution >= 4 is 56.6 Å². The quantitative estimate of drug-likeness (QED) is 0.235. The molecular weight excluding hydrogens is 569 g/mol. The zero-order valence-corrected chi connectivity index (χ0v) is 22.8. The molecule has 2 aliphatic rings. The van der Waals surface area contributed by atoms with Crippen LogP contribution in [0.25, 0.3) is 0 Å². The fourth-order valence-electron chi connectivity index (χ4n) is 4.90. The molecule has 1 aliphatic heterocycles. The Morgan fingerprint density at radius 2 is 1.77 bits per heavy atom. The molecule has 0 saturated carbocycles. The van der Waals surface area contributed by atoms with Gasteiger partial charge in [-0.2, -0.15) is 0 Å². The van der Waals surface area contributed by atoms with Gasteiger partial charge < -0.3 is 10.1 Å². The predicted octanol–water partition coefficient (Wildman–Crippen LogP) is 7.51. The third kappa shape index (κ3) is 5.81. The van der Waals surface area contributed by atoms with Crippen LogP contribution in [0.2, 0.25) is 0 Å². The van der Waals surface area contributed by atoms with Gasteiger partial charge in [0, 0.05) is 34.0 Å². The number of hydrogen-bond donors (Lipinski definition) is 1. The number of amides is 1. The summed E-state index contributed by atoms with van der Waals surface area (Å²) in [5.41, 5.74) is 3.34. The van der Waals surface area contributed by atoms with Gasteiger partial charge in [-0.1, -0.05) is 105 Å². The number of ether oxygens (including phenoxy) is 1. The molecule has 3 aromatic rings. The van der Waals surface area contributed by atoms with E-state index in [4.69, 9.17) is 39.5 Å². The normalized spacial score (nSPS) is 21.5. The maximum atomic E-state index is 12.4. The summed E-state index contributed by atoms with van der Waals surface area (Å²) in [5, 5.41) is 3.20. The van der Waals surface area contributed by atoms with Gasteiger partial charge in [-0.25, -0.2) is 0 Å². The number of carbonyl (C=O) groups is 1. The Labute approximate surface area is 229 Å². The second-order valence-electron chi connectivity index (χ2n) is 8.36. The van der Waals surface area contributed by atoms with Crippen molar-refractivity contribution in [3.05, 3.63) is 99.5 Å². The summed E-state index contributed by atoms with van der Waals surface area (Å²) in [6.07, 6.45) is 1.80. The van der Waals surface area contributed by atoms with Gasteiger partial charge in [-0.15, -0.1) is 0 Å². The van der Waals surface area contributed by atoms with E-state index in [1.165, 1.54) is 5.56 Å².